The first-order valence-corrected chi connectivity index (χ1v) is 10.4. The van der Waals surface area contributed by atoms with E-state index >= 15 is 0 Å². The molecular weight excluding hydrogens is 398 g/mol. The van der Waals surface area contributed by atoms with Crippen LogP contribution in [0, 0.1) is 12.8 Å². The second-order valence-electron chi connectivity index (χ2n) is 7.40. The molecule has 6 nitrogen and oxygen atoms in total. The Hall–Kier alpha value is -2.93. The summed E-state index contributed by atoms with van der Waals surface area (Å²) in [6.07, 6.45) is 1.34. The average Bonchev–Trinajstić information content (AvgIpc) is 2.70. The summed E-state index contributed by atoms with van der Waals surface area (Å²) in [6, 6.07) is 12.5. The first-order chi connectivity index (χ1) is 14.3. The molecule has 0 radical (unpaired) electrons. The molecular formula is C23H29N3O3S. The number of ether oxygens (including phenoxy) is 1. The number of carbonyl (C=O) groups excluding carboxylic acids is 2. The van der Waals surface area contributed by atoms with E-state index < -0.39 is 0 Å². The van der Waals surface area contributed by atoms with Crippen LogP contribution in [0.15, 0.2) is 42.5 Å². The third kappa shape index (κ3) is 7.48. The number of hydrogen-bond acceptors (Lipinski definition) is 4. The van der Waals surface area contributed by atoms with Crippen molar-refractivity contribution in [3.8, 4) is 5.75 Å². The van der Waals surface area contributed by atoms with E-state index in [9.17, 15) is 9.59 Å². The SMILES string of the molecule is CCC(=O)Nc1cc(NC(=S)NC(=O)c2cccc(OCCC(C)C)c2)ccc1C. The highest BCUT2D eigenvalue weighted by atomic mass is 32.1. The van der Waals surface area contributed by atoms with Gasteiger partial charge < -0.3 is 15.4 Å². The molecule has 2 rings (SSSR count). The highest BCUT2D eigenvalue weighted by molar-refractivity contribution is 7.80. The molecule has 0 aliphatic rings. The van der Waals surface area contributed by atoms with Crippen molar-refractivity contribution < 1.29 is 14.3 Å². The molecule has 0 fully saturated rings. The Morgan fingerprint density at radius 2 is 1.87 bits per heavy atom. The minimum atomic E-state index is -0.326. The van der Waals surface area contributed by atoms with Gasteiger partial charge in [0, 0.05) is 23.4 Å². The van der Waals surface area contributed by atoms with Crippen LogP contribution in [0.1, 0.15) is 49.5 Å². The minimum Gasteiger partial charge on any atom is -0.494 e. The molecule has 0 aromatic heterocycles. The Labute approximate surface area is 183 Å². The number of thiocarbonyl (C=S) groups is 1. The van der Waals surface area contributed by atoms with Gasteiger partial charge in [0.1, 0.15) is 5.75 Å². The fourth-order valence-electron chi connectivity index (χ4n) is 2.55. The van der Waals surface area contributed by atoms with Gasteiger partial charge in [-0.1, -0.05) is 32.9 Å². The maximum Gasteiger partial charge on any atom is 0.257 e. The number of amides is 2. The molecule has 0 atom stereocenters. The van der Waals surface area contributed by atoms with E-state index in [-0.39, 0.29) is 16.9 Å². The second kappa shape index (κ2) is 11.3. The fourth-order valence-corrected chi connectivity index (χ4v) is 2.76. The van der Waals surface area contributed by atoms with Crippen LogP contribution in [0.3, 0.4) is 0 Å². The smallest absolute Gasteiger partial charge is 0.257 e. The topological polar surface area (TPSA) is 79.5 Å². The zero-order chi connectivity index (χ0) is 22.1. The van der Waals surface area contributed by atoms with Gasteiger partial charge in [0.05, 0.1) is 6.61 Å². The van der Waals surface area contributed by atoms with E-state index in [0.717, 1.165) is 12.0 Å². The molecule has 0 spiro atoms. The first-order valence-electron chi connectivity index (χ1n) is 10.0. The van der Waals surface area contributed by atoms with Crippen molar-refractivity contribution in [3.05, 3.63) is 53.6 Å². The van der Waals surface area contributed by atoms with Crippen molar-refractivity contribution in [2.24, 2.45) is 5.92 Å². The summed E-state index contributed by atoms with van der Waals surface area (Å²) in [6.45, 7) is 8.58. The highest BCUT2D eigenvalue weighted by Crippen LogP contribution is 2.21. The molecule has 2 aromatic carbocycles. The van der Waals surface area contributed by atoms with Crippen molar-refractivity contribution in [2.75, 3.05) is 17.2 Å². The maximum atomic E-state index is 12.5. The van der Waals surface area contributed by atoms with Gasteiger partial charge in [0.2, 0.25) is 5.91 Å². The number of carbonyl (C=O) groups is 2. The lowest BCUT2D eigenvalue weighted by Gasteiger charge is -2.13. The fraction of sp³-hybridized carbons (Fsp3) is 0.348. The quantitative estimate of drug-likeness (QED) is 0.523. The van der Waals surface area contributed by atoms with Gasteiger partial charge in [-0.05, 0) is 67.4 Å². The number of benzene rings is 2. The second-order valence-corrected chi connectivity index (χ2v) is 7.81. The summed E-state index contributed by atoms with van der Waals surface area (Å²) in [5.41, 5.74) is 2.77. The monoisotopic (exact) mass is 427 g/mol. The van der Waals surface area contributed by atoms with E-state index in [1.165, 1.54) is 0 Å². The maximum absolute atomic E-state index is 12.5. The molecule has 0 heterocycles. The molecule has 0 unspecified atom stereocenters. The van der Waals surface area contributed by atoms with E-state index in [2.05, 4.69) is 29.8 Å². The van der Waals surface area contributed by atoms with E-state index in [0.29, 0.717) is 41.6 Å². The van der Waals surface area contributed by atoms with Gasteiger partial charge in [-0.25, -0.2) is 0 Å². The standard InChI is InChI=1S/C23H29N3O3S/c1-5-21(27)25-20-14-18(10-9-16(20)4)24-23(30)26-22(28)17-7-6-8-19(13-17)29-12-11-15(2)3/h6-10,13-15H,5,11-12H2,1-4H3,(H,25,27)(H2,24,26,28,30). The molecule has 30 heavy (non-hydrogen) atoms. The van der Waals surface area contributed by atoms with Crippen LogP contribution in [0.5, 0.6) is 5.75 Å². The van der Waals surface area contributed by atoms with Crippen LogP contribution in [0.2, 0.25) is 0 Å². The third-order valence-electron chi connectivity index (χ3n) is 4.38. The minimum absolute atomic E-state index is 0.0679. The molecule has 0 saturated carbocycles. The largest absolute Gasteiger partial charge is 0.494 e. The summed E-state index contributed by atoms with van der Waals surface area (Å²) >= 11 is 5.27. The Bertz CT molecular complexity index is 912. The first kappa shape index (κ1) is 23.3. The average molecular weight is 428 g/mol. The molecule has 160 valence electrons. The Morgan fingerprint density at radius 3 is 2.57 bits per heavy atom. The van der Waals surface area contributed by atoms with Gasteiger partial charge in [0.25, 0.3) is 5.91 Å². The predicted molar refractivity (Wildman–Crippen MR) is 125 cm³/mol. The Morgan fingerprint density at radius 1 is 1.10 bits per heavy atom. The summed E-state index contributed by atoms with van der Waals surface area (Å²) in [7, 11) is 0. The van der Waals surface area contributed by atoms with Crippen molar-refractivity contribution in [1.82, 2.24) is 5.32 Å². The molecule has 0 saturated heterocycles. The molecule has 2 amide bonds. The molecule has 0 aliphatic heterocycles. The normalized spacial score (nSPS) is 10.4. The van der Waals surface area contributed by atoms with Crippen LogP contribution in [-0.2, 0) is 4.79 Å². The van der Waals surface area contributed by atoms with E-state index in [1.54, 1.807) is 31.2 Å². The number of rotatable bonds is 8. The van der Waals surface area contributed by atoms with Crippen LogP contribution >= 0.6 is 12.2 Å². The number of aryl methyl sites for hydroxylation is 1. The van der Waals surface area contributed by atoms with E-state index in [4.69, 9.17) is 17.0 Å². The van der Waals surface area contributed by atoms with Gasteiger partial charge >= 0.3 is 0 Å². The zero-order valence-electron chi connectivity index (χ0n) is 17.9. The van der Waals surface area contributed by atoms with Crippen molar-refractivity contribution in [3.63, 3.8) is 0 Å². The summed E-state index contributed by atoms with van der Waals surface area (Å²) in [5.74, 6) is 0.810. The Kier molecular flexibility index (Phi) is 8.80. The van der Waals surface area contributed by atoms with Crippen LogP contribution in [0.4, 0.5) is 11.4 Å². The number of anilines is 2. The summed E-state index contributed by atoms with van der Waals surface area (Å²) in [4.78, 5) is 24.2. The molecule has 0 aliphatic carbocycles. The lowest BCUT2D eigenvalue weighted by atomic mass is 10.1. The predicted octanol–water partition coefficient (Wildman–Crippen LogP) is 4.90. The molecule has 2 aromatic rings. The zero-order valence-corrected chi connectivity index (χ0v) is 18.7. The van der Waals surface area contributed by atoms with E-state index in [1.807, 2.05) is 25.1 Å². The third-order valence-corrected chi connectivity index (χ3v) is 4.58. The molecule has 3 N–H and O–H groups in total. The molecule has 7 heteroatoms. The van der Waals surface area contributed by atoms with Gasteiger partial charge in [-0.3, -0.25) is 14.9 Å². The van der Waals surface area contributed by atoms with Crippen molar-refractivity contribution in [1.29, 1.82) is 0 Å². The van der Waals surface area contributed by atoms with Crippen LogP contribution in [-0.4, -0.2) is 23.5 Å². The van der Waals surface area contributed by atoms with Crippen molar-refractivity contribution in [2.45, 2.75) is 40.5 Å². The van der Waals surface area contributed by atoms with Crippen molar-refractivity contribution >= 4 is 40.5 Å². The van der Waals surface area contributed by atoms with Gasteiger partial charge in [-0.2, -0.15) is 0 Å². The summed E-state index contributed by atoms with van der Waals surface area (Å²) < 4.78 is 5.71. The molecule has 0 bridgehead atoms. The van der Waals surface area contributed by atoms with Gasteiger partial charge in [0.15, 0.2) is 5.11 Å². The highest BCUT2D eigenvalue weighted by Gasteiger charge is 2.10. The summed E-state index contributed by atoms with van der Waals surface area (Å²) in [5, 5.41) is 8.67. The lowest BCUT2D eigenvalue weighted by molar-refractivity contribution is -0.115. The van der Waals surface area contributed by atoms with Gasteiger partial charge in [-0.15, -0.1) is 0 Å². The number of nitrogens with one attached hydrogen (secondary N) is 3. The van der Waals surface area contributed by atoms with Crippen LogP contribution < -0.4 is 20.7 Å². The Balaban J connectivity index is 1.97. The van der Waals surface area contributed by atoms with Crippen LogP contribution in [0.25, 0.3) is 0 Å². The lowest BCUT2D eigenvalue weighted by Crippen LogP contribution is -2.34. The number of hydrogen-bond donors (Lipinski definition) is 3.